The summed E-state index contributed by atoms with van der Waals surface area (Å²) < 4.78 is 6.01. The van der Waals surface area contributed by atoms with Gasteiger partial charge < -0.3 is 15.6 Å². The Hall–Kier alpha value is -2.25. The van der Waals surface area contributed by atoms with Gasteiger partial charge in [0.25, 0.3) is 0 Å². The molecule has 0 aromatic carbocycles. The minimum Gasteiger partial charge on any atom is -0.465 e. The van der Waals surface area contributed by atoms with Crippen LogP contribution in [0.15, 0.2) is 6.20 Å². The van der Waals surface area contributed by atoms with Gasteiger partial charge in [-0.05, 0) is 6.92 Å². The van der Waals surface area contributed by atoms with Crippen LogP contribution in [0.1, 0.15) is 5.69 Å². The molecule has 1 aromatic heterocycles. The number of amides is 2. The molecule has 17 heavy (non-hydrogen) atoms. The lowest BCUT2D eigenvalue weighted by Gasteiger charge is -2.17. The fraction of sp³-hybridized carbons (Fsp3) is 0.444. The molecule has 8 nitrogen and oxygen atoms in total. The fourth-order valence-electron chi connectivity index (χ4n) is 1.41. The summed E-state index contributed by atoms with van der Waals surface area (Å²) in [6.45, 7) is 1.60. The van der Waals surface area contributed by atoms with Crippen LogP contribution in [0.25, 0.3) is 0 Å². The van der Waals surface area contributed by atoms with Crippen LogP contribution in [0.5, 0.6) is 0 Å². The fourth-order valence-corrected chi connectivity index (χ4v) is 1.41. The number of aryl methyl sites for hydroxylation is 2. The third kappa shape index (κ3) is 3.37. The maximum atomic E-state index is 11.1. The van der Waals surface area contributed by atoms with Crippen LogP contribution in [-0.4, -0.2) is 40.2 Å². The summed E-state index contributed by atoms with van der Waals surface area (Å²) in [6, 6.07) is 0. The van der Waals surface area contributed by atoms with Gasteiger partial charge in [0.1, 0.15) is 6.61 Å². The number of anilines is 1. The predicted octanol–water partition coefficient (Wildman–Crippen LogP) is 0.308. The Balaban J connectivity index is 2.76. The van der Waals surface area contributed by atoms with Crippen molar-refractivity contribution in [2.24, 2.45) is 12.8 Å². The highest BCUT2D eigenvalue weighted by Gasteiger charge is 2.18. The number of hydrogen-bond acceptors (Lipinski definition) is 4. The molecule has 0 saturated heterocycles. The molecule has 0 radical (unpaired) electrons. The number of carboxylic acid groups (broad SMARTS) is 1. The molecule has 3 N–H and O–H groups in total. The van der Waals surface area contributed by atoms with Crippen molar-refractivity contribution in [3.05, 3.63) is 11.9 Å². The van der Waals surface area contributed by atoms with Gasteiger partial charge in [0.2, 0.25) is 0 Å². The van der Waals surface area contributed by atoms with E-state index in [0.29, 0.717) is 11.4 Å². The van der Waals surface area contributed by atoms with Gasteiger partial charge in [0.15, 0.2) is 0 Å². The van der Waals surface area contributed by atoms with E-state index >= 15 is 0 Å². The van der Waals surface area contributed by atoms with Crippen LogP contribution in [0, 0.1) is 6.92 Å². The van der Waals surface area contributed by atoms with Crippen LogP contribution in [-0.2, 0) is 11.8 Å². The summed E-state index contributed by atoms with van der Waals surface area (Å²) >= 11 is 0. The van der Waals surface area contributed by atoms with Gasteiger partial charge in [-0.15, -0.1) is 0 Å². The van der Waals surface area contributed by atoms with Crippen molar-refractivity contribution in [3.63, 3.8) is 0 Å². The van der Waals surface area contributed by atoms with Crippen LogP contribution in [0.2, 0.25) is 0 Å². The van der Waals surface area contributed by atoms with E-state index in [1.54, 1.807) is 20.2 Å². The molecule has 1 heterocycles. The topological polar surface area (TPSA) is 111 Å². The zero-order valence-corrected chi connectivity index (χ0v) is 9.58. The monoisotopic (exact) mass is 242 g/mol. The van der Waals surface area contributed by atoms with E-state index in [0.717, 1.165) is 4.90 Å². The second-order valence-electron chi connectivity index (χ2n) is 3.38. The second-order valence-corrected chi connectivity index (χ2v) is 3.38. The smallest absolute Gasteiger partial charge is 0.412 e. The molecular formula is C9H14N4O4. The van der Waals surface area contributed by atoms with E-state index in [-0.39, 0.29) is 13.2 Å². The molecule has 94 valence electrons. The van der Waals surface area contributed by atoms with E-state index < -0.39 is 12.2 Å². The zero-order valence-electron chi connectivity index (χ0n) is 9.58. The highest BCUT2D eigenvalue weighted by atomic mass is 16.5. The summed E-state index contributed by atoms with van der Waals surface area (Å²) in [5.74, 6) is 0. The maximum Gasteiger partial charge on any atom is 0.412 e. The molecule has 2 amide bonds. The van der Waals surface area contributed by atoms with Crippen molar-refractivity contribution in [1.29, 1.82) is 0 Å². The van der Waals surface area contributed by atoms with Gasteiger partial charge in [0.05, 0.1) is 17.9 Å². The molecule has 0 bridgehead atoms. The Kier molecular flexibility index (Phi) is 3.91. The summed E-state index contributed by atoms with van der Waals surface area (Å²) in [6.07, 6.45) is -0.499. The Bertz CT molecular complexity index is 429. The number of hydrogen-bond donors (Lipinski definition) is 2. The predicted molar refractivity (Wildman–Crippen MR) is 58.9 cm³/mol. The summed E-state index contributed by atoms with van der Waals surface area (Å²) in [5, 5.41) is 13.1. The SMILES string of the molecule is Cc1nn(C)cc1N(CCOC(N)=O)C(=O)O. The molecule has 0 aliphatic carbocycles. The van der Waals surface area contributed by atoms with E-state index in [2.05, 4.69) is 9.84 Å². The average Bonchev–Trinajstić information content (AvgIpc) is 2.51. The third-order valence-electron chi connectivity index (χ3n) is 2.07. The first-order chi connectivity index (χ1) is 7.91. The van der Waals surface area contributed by atoms with Crippen molar-refractivity contribution < 1.29 is 19.4 Å². The van der Waals surface area contributed by atoms with Crippen molar-refractivity contribution in [3.8, 4) is 0 Å². The van der Waals surface area contributed by atoms with E-state index in [1.807, 2.05) is 0 Å². The first-order valence-corrected chi connectivity index (χ1v) is 4.84. The Labute approximate surface area is 97.6 Å². The van der Waals surface area contributed by atoms with E-state index in [1.165, 1.54) is 4.68 Å². The number of aromatic nitrogens is 2. The quantitative estimate of drug-likeness (QED) is 0.789. The summed E-state index contributed by atoms with van der Waals surface area (Å²) in [4.78, 5) is 22.5. The van der Waals surface area contributed by atoms with Gasteiger partial charge in [-0.25, -0.2) is 9.59 Å². The number of ether oxygens (including phenoxy) is 1. The van der Waals surface area contributed by atoms with Crippen LogP contribution in [0.4, 0.5) is 15.3 Å². The number of rotatable bonds is 4. The Morgan fingerprint density at radius 1 is 1.65 bits per heavy atom. The largest absolute Gasteiger partial charge is 0.465 e. The van der Waals surface area contributed by atoms with Gasteiger partial charge >= 0.3 is 12.2 Å². The number of nitrogens with zero attached hydrogens (tertiary/aromatic N) is 3. The molecule has 0 atom stereocenters. The van der Waals surface area contributed by atoms with Gasteiger partial charge in [-0.1, -0.05) is 0 Å². The van der Waals surface area contributed by atoms with Crippen LogP contribution >= 0.6 is 0 Å². The molecule has 0 unspecified atom stereocenters. The van der Waals surface area contributed by atoms with Crippen LogP contribution in [0.3, 0.4) is 0 Å². The lowest BCUT2D eigenvalue weighted by molar-refractivity contribution is 0.157. The lowest BCUT2D eigenvalue weighted by atomic mass is 10.3. The molecule has 0 aliphatic heterocycles. The van der Waals surface area contributed by atoms with Gasteiger partial charge in [-0.2, -0.15) is 5.10 Å². The number of nitrogens with two attached hydrogens (primary N) is 1. The first kappa shape index (κ1) is 12.8. The Morgan fingerprint density at radius 2 is 2.29 bits per heavy atom. The van der Waals surface area contributed by atoms with Crippen molar-refractivity contribution in [2.45, 2.75) is 6.92 Å². The molecule has 0 saturated carbocycles. The average molecular weight is 242 g/mol. The maximum absolute atomic E-state index is 11.1. The highest BCUT2D eigenvalue weighted by Crippen LogP contribution is 2.17. The van der Waals surface area contributed by atoms with Crippen molar-refractivity contribution in [2.75, 3.05) is 18.1 Å². The molecule has 0 fully saturated rings. The summed E-state index contributed by atoms with van der Waals surface area (Å²) in [5.41, 5.74) is 5.81. The lowest BCUT2D eigenvalue weighted by Crippen LogP contribution is -2.34. The number of primary amides is 1. The Morgan fingerprint density at radius 3 is 2.71 bits per heavy atom. The van der Waals surface area contributed by atoms with Crippen LogP contribution < -0.4 is 10.6 Å². The zero-order chi connectivity index (χ0) is 13.0. The molecular weight excluding hydrogens is 228 g/mol. The van der Waals surface area contributed by atoms with Crippen molar-refractivity contribution >= 4 is 17.9 Å². The van der Waals surface area contributed by atoms with E-state index in [4.69, 9.17) is 10.8 Å². The van der Waals surface area contributed by atoms with Gasteiger partial charge in [-0.3, -0.25) is 9.58 Å². The number of carbonyl (C=O) groups is 2. The first-order valence-electron chi connectivity index (χ1n) is 4.84. The normalized spacial score (nSPS) is 10.0. The van der Waals surface area contributed by atoms with Gasteiger partial charge in [0, 0.05) is 13.2 Å². The van der Waals surface area contributed by atoms with E-state index in [9.17, 15) is 9.59 Å². The molecule has 8 heteroatoms. The summed E-state index contributed by atoms with van der Waals surface area (Å²) in [7, 11) is 1.69. The third-order valence-corrected chi connectivity index (χ3v) is 2.07. The minimum atomic E-state index is -1.14. The standard InChI is InChI=1S/C9H14N4O4/c1-6-7(5-12(2)11-6)13(9(15)16)3-4-17-8(10)14/h5H,3-4H2,1-2H3,(H2,10,14)(H,15,16). The molecule has 0 aliphatic rings. The molecule has 1 rings (SSSR count). The second kappa shape index (κ2) is 5.19. The van der Waals surface area contributed by atoms with Crippen molar-refractivity contribution in [1.82, 2.24) is 9.78 Å². The molecule has 1 aromatic rings. The minimum absolute atomic E-state index is 0.00477. The highest BCUT2D eigenvalue weighted by molar-refractivity contribution is 5.86. The number of carbonyl (C=O) groups excluding carboxylic acids is 1. The molecule has 0 spiro atoms.